The van der Waals surface area contributed by atoms with Crippen LogP contribution in [0.4, 0.5) is 0 Å². The fourth-order valence-electron chi connectivity index (χ4n) is 0.835. The lowest BCUT2D eigenvalue weighted by Gasteiger charge is -2.17. The highest BCUT2D eigenvalue weighted by atomic mass is 79.9. The second-order valence-corrected chi connectivity index (χ2v) is 3.75. The molecular formula is C9H17BrN2O. The van der Waals surface area contributed by atoms with Crippen molar-refractivity contribution in [2.45, 2.75) is 13.8 Å². The molecule has 0 aromatic carbocycles. The Balaban J connectivity index is 4.37. The Morgan fingerprint density at radius 3 is 2.08 bits per heavy atom. The van der Waals surface area contributed by atoms with Gasteiger partial charge in [0.25, 0.3) is 5.91 Å². The van der Waals surface area contributed by atoms with Gasteiger partial charge in [-0.25, -0.2) is 0 Å². The van der Waals surface area contributed by atoms with E-state index in [2.05, 4.69) is 34.7 Å². The number of carbonyl (C=O) groups is 1. The average Bonchev–Trinajstić information content (AvgIpc) is 2.12. The molecule has 0 aromatic heterocycles. The topological polar surface area (TPSA) is 23.6 Å². The molecule has 1 amide bonds. The summed E-state index contributed by atoms with van der Waals surface area (Å²) in [7, 11) is 3.47. The van der Waals surface area contributed by atoms with Gasteiger partial charge in [0.05, 0.1) is 4.48 Å². The molecule has 0 aliphatic carbocycles. The molecule has 0 saturated heterocycles. The summed E-state index contributed by atoms with van der Waals surface area (Å²) in [5.74, 6) is -0.00750. The molecule has 0 fully saturated rings. The zero-order valence-electron chi connectivity index (χ0n) is 8.67. The molecule has 0 saturated carbocycles. The maximum Gasteiger partial charge on any atom is 0.261 e. The molecule has 13 heavy (non-hydrogen) atoms. The average molecular weight is 249 g/mol. The Kier molecular flexibility index (Phi) is 5.79. The van der Waals surface area contributed by atoms with Crippen molar-refractivity contribution in [3.8, 4) is 0 Å². The maximum atomic E-state index is 11.4. The molecule has 0 unspecified atom stereocenters. The van der Waals surface area contributed by atoms with E-state index in [-0.39, 0.29) is 5.91 Å². The first kappa shape index (κ1) is 12.5. The van der Waals surface area contributed by atoms with E-state index in [1.807, 2.05) is 6.20 Å². The normalized spacial score (nSPS) is 11.3. The van der Waals surface area contributed by atoms with Gasteiger partial charge in [0.1, 0.15) is 0 Å². The lowest BCUT2D eigenvalue weighted by atomic mass is 10.4. The van der Waals surface area contributed by atoms with Crippen molar-refractivity contribution < 1.29 is 4.79 Å². The van der Waals surface area contributed by atoms with Crippen LogP contribution in [0.15, 0.2) is 10.7 Å². The van der Waals surface area contributed by atoms with E-state index < -0.39 is 0 Å². The van der Waals surface area contributed by atoms with Crippen molar-refractivity contribution in [1.29, 1.82) is 0 Å². The van der Waals surface area contributed by atoms with Gasteiger partial charge < -0.3 is 9.80 Å². The summed E-state index contributed by atoms with van der Waals surface area (Å²) >= 11 is 3.25. The number of likely N-dealkylation sites (N-methyl/N-ethyl adjacent to an activating group) is 1. The minimum absolute atomic E-state index is 0.00750. The summed E-state index contributed by atoms with van der Waals surface area (Å²) in [5, 5.41) is 0. The second kappa shape index (κ2) is 6.02. The molecule has 0 aliphatic heterocycles. The molecule has 0 rings (SSSR count). The molecule has 0 bridgehead atoms. The number of hydrogen-bond acceptors (Lipinski definition) is 2. The predicted octanol–water partition coefficient (Wildman–Crippen LogP) is 1.65. The smallest absolute Gasteiger partial charge is 0.261 e. The first-order valence-corrected chi connectivity index (χ1v) is 5.15. The Morgan fingerprint density at radius 2 is 1.77 bits per heavy atom. The van der Waals surface area contributed by atoms with Crippen LogP contribution >= 0.6 is 15.9 Å². The van der Waals surface area contributed by atoms with Crippen molar-refractivity contribution in [1.82, 2.24) is 9.80 Å². The molecule has 4 heteroatoms. The molecule has 0 heterocycles. The standard InChI is InChI=1S/C9H17BrN2O/c1-5-12(6-2)7-8(10)9(13)11(3)4/h7H,5-6H2,1-4H3/b8-7-. The van der Waals surface area contributed by atoms with E-state index in [0.717, 1.165) is 13.1 Å². The molecule has 76 valence electrons. The van der Waals surface area contributed by atoms with Crippen LogP contribution in [0.1, 0.15) is 13.8 Å². The monoisotopic (exact) mass is 248 g/mol. The number of halogens is 1. The van der Waals surface area contributed by atoms with Crippen molar-refractivity contribution in [2.24, 2.45) is 0 Å². The van der Waals surface area contributed by atoms with Crippen LogP contribution in [-0.2, 0) is 4.79 Å². The summed E-state index contributed by atoms with van der Waals surface area (Å²) in [6.07, 6.45) is 1.84. The Bertz CT molecular complexity index is 198. The molecular weight excluding hydrogens is 232 g/mol. The number of carbonyl (C=O) groups excluding carboxylic acids is 1. The van der Waals surface area contributed by atoms with E-state index in [1.54, 1.807) is 19.0 Å². The Labute approximate surface area is 88.5 Å². The molecule has 0 radical (unpaired) electrons. The molecule has 0 atom stereocenters. The Morgan fingerprint density at radius 1 is 1.31 bits per heavy atom. The SMILES string of the molecule is CCN(/C=C(\Br)C(=O)N(C)C)CC. The first-order valence-electron chi connectivity index (χ1n) is 4.35. The van der Waals surface area contributed by atoms with Crippen molar-refractivity contribution in [3.63, 3.8) is 0 Å². The van der Waals surface area contributed by atoms with Crippen molar-refractivity contribution in [3.05, 3.63) is 10.7 Å². The number of rotatable bonds is 4. The summed E-state index contributed by atoms with van der Waals surface area (Å²) < 4.78 is 0.598. The minimum Gasteiger partial charge on any atom is -0.377 e. The largest absolute Gasteiger partial charge is 0.377 e. The summed E-state index contributed by atoms with van der Waals surface area (Å²) in [6.45, 7) is 5.93. The van der Waals surface area contributed by atoms with Gasteiger partial charge in [-0.3, -0.25) is 4.79 Å². The van der Waals surface area contributed by atoms with Gasteiger partial charge in [0.15, 0.2) is 0 Å². The van der Waals surface area contributed by atoms with Crippen LogP contribution in [0.2, 0.25) is 0 Å². The maximum absolute atomic E-state index is 11.4. The van der Waals surface area contributed by atoms with Gasteiger partial charge in [-0.15, -0.1) is 0 Å². The van der Waals surface area contributed by atoms with Gasteiger partial charge in [-0.1, -0.05) is 0 Å². The van der Waals surface area contributed by atoms with Crippen LogP contribution in [0, 0.1) is 0 Å². The van der Waals surface area contributed by atoms with Gasteiger partial charge in [0, 0.05) is 33.4 Å². The third-order valence-corrected chi connectivity index (χ3v) is 2.26. The van der Waals surface area contributed by atoms with E-state index in [0.29, 0.717) is 4.48 Å². The quantitative estimate of drug-likeness (QED) is 0.707. The highest BCUT2D eigenvalue weighted by Gasteiger charge is 2.08. The zero-order chi connectivity index (χ0) is 10.4. The van der Waals surface area contributed by atoms with Crippen LogP contribution in [-0.4, -0.2) is 42.9 Å². The fourth-order valence-corrected chi connectivity index (χ4v) is 1.48. The Hall–Kier alpha value is -0.510. The third-order valence-electron chi connectivity index (χ3n) is 1.72. The first-order chi connectivity index (χ1) is 6.02. The summed E-state index contributed by atoms with van der Waals surface area (Å²) in [4.78, 5) is 15.0. The highest BCUT2D eigenvalue weighted by molar-refractivity contribution is 9.12. The van der Waals surface area contributed by atoms with Gasteiger partial charge in [-0.05, 0) is 29.8 Å². The van der Waals surface area contributed by atoms with Crippen LogP contribution in [0.3, 0.4) is 0 Å². The molecule has 0 spiro atoms. The summed E-state index contributed by atoms with van der Waals surface area (Å²) in [6, 6.07) is 0. The van der Waals surface area contributed by atoms with Crippen LogP contribution in [0.5, 0.6) is 0 Å². The van der Waals surface area contributed by atoms with E-state index >= 15 is 0 Å². The fraction of sp³-hybridized carbons (Fsp3) is 0.667. The molecule has 0 N–H and O–H groups in total. The molecule has 0 aromatic rings. The number of nitrogens with zero attached hydrogens (tertiary/aromatic N) is 2. The van der Waals surface area contributed by atoms with Gasteiger partial charge in [0.2, 0.25) is 0 Å². The van der Waals surface area contributed by atoms with Crippen molar-refractivity contribution in [2.75, 3.05) is 27.2 Å². The summed E-state index contributed by atoms with van der Waals surface area (Å²) in [5.41, 5.74) is 0. The lowest BCUT2D eigenvalue weighted by Crippen LogP contribution is -2.24. The van der Waals surface area contributed by atoms with Gasteiger partial charge >= 0.3 is 0 Å². The predicted molar refractivity (Wildman–Crippen MR) is 58.6 cm³/mol. The van der Waals surface area contributed by atoms with Crippen LogP contribution in [0.25, 0.3) is 0 Å². The van der Waals surface area contributed by atoms with Crippen molar-refractivity contribution >= 4 is 21.8 Å². The molecule has 3 nitrogen and oxygen atoms in total. The lowest BCUT2D eigenvalue weighted by molar-refractivity contribution is -0.123. The second-order valence-electron chi connectivity index (χ2n) is 2.90. The van der Waals surface area contributed by atoms with E-state index in [9.17, 15) is 4.79 Å². The van der Waals surface area contributed by atoms with E-state index in [4.69, 9.17) is 0 Å². The highest BCUT2D eigenvalue weighted by Crippen LogP contribution is 2.09. The number of hydrogen-bond donors (Lipinski definition) is 0. The van der Waals surface area contributed by atoms with Gasteiger partial charge in [-0.2, -0.15) is 0 Å². The van der Waals surface area contributed by atoms with E-state index in [1.165, 1.54) is 0 Å². The molecule has 0 aliphatic rings. The number of amides is 1. The minimum atomic E-state index is -0.00750. The zero-order valence-corrected chi connectivity index (χ0v) is 10.3. The van der Waals surface area contributed by atoms with Crippen LogP contribution < -0.4 is 0 Å². The third kappa shape index (κ3) is 4.31.